The molecule has 0 saturated heterocycles. The van der Waals surface area contributed by atoms with Gasteiger partial charge in [-0.15, -0.1) is 0 Å². The van der Waals surface area contributed by atoms with Crippen LogP contribution < -0.4 is 5.73 Å². The van der Waals surface area contributed by atoms with Crippen molar-refractivity contribution in [3.05, 3.63) is 24.0 Å². The number of imidazole rings is 1. The maximum absolute atomic E-state index is 13.1. The molecule has 90 valence electrons. The first-order valence-electron chi connectivity index (χ1n) is 6.10. The van der Waals surface area contributed by atoms with E-state index in [1.165, 1.54) is 25.0 Å². The highest BCUT2D eigenvalue weighted by atomic mass is 19.1. The molecule has 2 N–H and O–H groups in total. The van der Waals surface area contributed by atoms with Crippen molar-refractivity contribution in [3.8, 4) is 0 Å². The van der Waals surface area contributed by atoms with Gasteiger partial charge in [-0.3, -0.25) is 0 Å². The van der Waals surface area contributed by atoms with Crippen molar-refractivity contribution in [3.63, 3.8) is 0 Å². The molecule has 1 aliphatic carbocycles. The van der Waals surface area contributed by atoms with Gasteiger partial charge in [0.15, 0.2) is 0 Å². The Morgan fingerprint density at radius 1 is 1.41 bits per heavy atom. The monoisotopic (exact) mass is 233 g/mol. The van der Waals surface area contributed by atoms with Crippen LogP contribution in [0.4, 0.5) is 10.3 Å². The van der Waals surface area contributed by atoms with Crippen LogP contribution in [0.1, 0.15) is 32.2 Å². The van der Waals surface area contributed by atoms with Gasteiger partial charge in [0, 0.05) is 12.1 Å². The summed E-state index contributed by atoms with van der Waals surface area (Å²) in [7, 11) is 0. The maximum atomic E-state index is 13.1. The predicted molar refractivity (Wildman–Crippen MR) is 66.2 cm³/mol. The van der Waals surface area contributed by atoms with Crippen LogP contribution >= 0.6 is 0 Å². The van der Waals surface area contributed by atoms with Gasteiger partial charge in [-0.2, -0.15) is 0 Å². The van der Waals surface area contributed by atoms with Crippen LogP contribution in [0.3, 0.4) is 0 Å². The minimum Gasteiger partial charge on any atom is -0.369 e. The van der Waals surface area contributed by atoms with Gasteiger partial charge in [0.1, 0.15) is 5.82 Å². The topological polar surface area (TPSA) is 43.8 Å². The molecular formula is C13H16FN3. The molecule has 2 atom stereocenters. The molecule has 0 bridgehead atoms. The fraction of sp³-hybridized carbons (Fsp3) is 0.462. The van der Waals surface area contributed by atoms with Gasteiger partial charge < -0.3 is 10.3 Å². The molecule has 1 aromatic carbocycles. The summed E-state index contributed by atoms with van der Waals surface area (Å²) in [4.78, 5) is 4.25. The molecule has 2 aromatic rings. The summed E-state index contributed by atoms with van der Waals surface area (Å²) in [6, 6.07) is 5.10. The molecule has 1 saturated carbocycles. The lowest BCUT2D eigenvalue weighted by atomic mass is 10.1. The Kier molecular flexibility index (Phi) is 2.31. The summed E-state index contributed by atoms with van der Waals surface area (Å²) in [5.41, 5.74) is 7.58. The Labute approximate surface area is 99.4 Å². The molecule has 0 aliphatic heterocycles. The van der Waals surface area contributed by atoms with Crippen LogP contribution in [0.15, 0.2) is 18.2 Å². The molecule has 0 amide bonds. The van der Waals surface area contributed by atoms with Crippen molar-refractivity contribution in [2.75, 3.05) is 5.73 Å². The van der Waals surface area contributed by atoms with Gasteiger partial charge in [-0.25, -0.2) is 9.37 Å². The van der Waals surface area contributed by atoms with E-state index in [1.54, 1.807) is 6.07 Å². The molecule has 1 fully saturated rings. The average Bonchev–Trinajstić information content (AvgIpc) is 2.80. The molecule has 1 aromatic heterocycles. The third kappa shape index (κ3) is 1.59. The average molecular weight is 233 g/mol. The first-order chi connectivity index (χ1) is 8.16. The van der Waals surface area contributed by atoms with Gasteiger partial charge >= 0.3 is 0 Å². The minimum atomic E-state index is -0.262. The van der Waals surface area contributed by atoms with Gasteiger partial charge in [-0.1, -0.05) is 13.3 Å². The molecule has 1 aliphatic rings. The highest BCUT2D eigenvalue weighted by Crippen LogP contribution is 2.38. The molecule has 3 nitrogen and oxygen atoms in total. The standard InChI is InChI=1S/C13H16FN3/c1-8-3-2-4-11(8)17-12-6-5-9(14)7-10(12)16-13(17)15/h5-8,11H,2-4H2,1H3,(H2,15,16). The smallest absolute Gasteiger partial charge is 0.201 e. The SMILES string of the molecule is CC1CCCC1n1c(N)nc2cc(F)ccc21. The fourth-order valence-electron chi connectivity index (χ4n) is 2.95. The van der Waals surface area contributed by atoms with E-state index in [-0.39, 0.29) is 5.82 Å². The number of nitrogen functional groups attached to an aromatic ring is 1. The number of rotatable bonds is 1. The number of nitrogens with two attached hydrogens (primary N) is 1. The van der Waals surface area contributed by atoms with Crippen LogP contribution in [0, 0.1) is 11.7 Å². The Bertz CT molecular complexity index is 561. The number of halogens is 1. The quantitative estimate of drug-likeness (QED) is 0.822. The number of nitrogens with zero attached hydrogens (tertiary/aromatic N) is 2. The second-order valence-electron chi connectivity index (χ2n) is 4.95. The van der Waals surface area contributed by atoms with E-state index in [9.17, 15) is 4.39 Å². The third-order valence-electron chi connectivity index (χ3n) is 3.83. The van der Waals surface area contributed by atoms with E-state index in [0.29, 0.717) is 23.4 Å². The lowest BCUT2D eigenvalue weighted by Crippen LogP contribution is -2.14. The van der Waals surface area contributed by atoms with Gasteiger partial charge in [0.25, 0.3) is 0 Å². The molecule has 4 heteroatoms. The van der Waals surface area contributed by atoms with Crippen LogP contribution in [-0.4, -0.2) is 9.55 Å². The summed E-state index contributed by atoms with van der Waals surface area (Å²) >= 11 is 0. The van der Waals surface area contributed by atoms with Crippen molar-refractivity contribution in [1.82, 2.24) is 9.55 Å². The summed E-state index contributed by atoms with van der Waals surface area (Å²) < 4.78 is 15.2. The zero-order chi connectivity index (χ0) is 12.0. The number of aromatic nitrogens is 2. The largest absolute Gasteiger partial charge is 0.369 e. The van der Waals surface area contributed by atoms with Crippen LogP contribution in [-0.2, 0) is 0 Å². The number of hydrogen-bond acceptors (Lipinski definition) is 2. The Morgan fingerprint density at radius 3 is 2.94 bits per heavy atom. The van der Waals surface area contributed by atoms with E-state index in [4.69, 9.17) is 5.73 Å². The molecule has 2 unspecified atom stereocenters. The molecule has 0 radical (unpaired) electrons. The highest BCUT2D eigenvalue weighted by molar-refractivity contribution is 5.78. The van der Waals surface area contributed by atoms with E-state index < -0.39 is 0 Å². The van der Waals surface area contributed by atoms with Gasteiger partial charge in [-0.05, 0) is 30.9 Å². The zero-order valence-corrected chi connectivity index (χ0v) is 9.86. The summed E-state index contributed by atoms with van der Waals surface area (Å²) in [5, 5.41) is 0. The summed E-state index contributed by atoms with van der Waals surface area (Å²) in [5.74, 6) is 0.853. The Morgan fingerprint density at radius 2 is 2.24 bits per heavy atom. The lowest BCUT2D eigenvalue weighted by Gasteiger charge is -2.19. The summed E-state index contributed by atoms with van der Waals surface area (Å²) in [6.07, 6.45) is 3.59. The second-order valence-corrected chi connectivity index (χ2v) is 4.95. The van der Waals surface area contributed by atoms with Crippen molar-refractivity contribution in [2.24, 2.45) is 5.92 Å². The van der Waals surface area contributed by atoms with E-state index in [0.717, 1.165) is 11.9 Å². The number of benzene rings is 1. The van der Waals surface area contributed by atoms with Crippen LogP contribution in [0.5, 0.6) is 0 Å². The third-order valence-corrected chi connectivity index (χ3v) is 3.83. The van der Waals surface area contributed by atoms with Crippen LogP contribution in [0.2, 0.25) is 0 Å². The minimum absolute atomic E-state index is 0.262. The van der Waals surface area contributed by atoms with Crippen molar-refractivity contribution >= 4 is 17.0 Å². The van der Waals surface area contributed by atoms with Crippen molar-refractivity contribution in [2.45, 2.75) is 32.2 Å². The second kappa shape index (κ2) is 3.72. The van der Waals surface area contributed by atoms with Crippen molar-refractivity contribution in [1.29, 1.82) is 0 Å². The Hall–Kier alpha value is -1.58. The molecule has 0 spiro atoms. The van der Waals surface area contributed by atoms with Crippen molar-refractivity contribution < 1.29 is 4.39 Å². The molecule has 3 rings (SSSR count). The first-order valence-corrected chi connectivity index (χ1v) is 6.10. The molecule has 1 heterocycles. The highest BCUT2D eigenvalue weighted by Gasteiger charge is 2.27. The van der Waals surface area contributed by atoms with E-state index in [2.05, 4.69) is 16.5 Å². The fourth-order valence-corrected chi connectivity index (χ4v) is 2.95. The zero-order valence-electron chi connectivity index (χ0n) is 9.86. The normalized spacial score (nSPS) is 24.6. The number of anilines is 1. The van der Waals surface area contributed by atoms with E-state index >= 15 is 0 Å². The summed E-state index contributed by atoms with van der Waals surface area (Å²) in [6.45, 7) is 2.24. The van der Waals surface area contributed by atoms with Crippen LogP contribution in [0.25, 0.3) is 11.0 Å². The lowest BCUT2D eigenvalue weighted by molar-refractivity contribution is 0.421. The predicted octanol–water partition coefficient (Wildman–Crippen LogP) is 3.12. The molecular weight excluding hydrogens is 217 g/mol. The Balaban J connectivity index is 2.18. The van der Waals surface area contributed by atoms with E-state index in [1.807, 2.05) is 0 Å². The maximum Gasteiger partial charge on any atom is 0.201 e. The number of hydrogen-bond donors (Lipinski definition) is 1. The van der Waals surface area contributed by atoms with Gasteiger partial charge in [0.05, 0.1) is 11.0 Å². The number of fused-ring (bicyclic) bond motifs is 1. The first kappa shape index (κ1) is 10.6. The molecule has 17 heavy (non-hydrogen) atoms. The van der Waals surface area contributed by atoms with Gasteiger partial charge in [0.2, 0.25) is 5.95 Å².